The fourth-order valence-corrected chi connectivity index (χ4v) is 7.81. The molecule has 3 aromatic carbocycles. The van der Waals surface area contributed by atoms with Crippen LogP contribution in [0.3, 0.4) is 0 Å². The number of amides is 3. The Bertz CT molecular complexity index is 1450. The molecule has 2 atom stereocenters. The van der Waals surface area contributed by atoms with Crippen molar-refractivity contribution in [1.82, 2.24) is 4.90 Å². The lowest BCUT2D eigenvalue weighted by atomic mass is 9.54. The number of alkyl halides is 2. The number of unbranched alkanes of at least 4 members (excludes halogenated alkanes) is 2. The number of imide groups is 1. The molecule has 3 amide bonds. The number of anilines is 1. The van der Waals surface area contributed by atoms with E-state index in [2.05, 4.69) is 10.1 Å². The van der Waals surface area contributed by atoms with Gasteiger partial charge in [-0.3, -0.25) is 19.3 Å². The Morgan fingerprint density at radius 1 is 0.780 bits per heavy atom. The van der Waals surface area contributed by atoms with Crippen LogP contribution in [0, 0.1) is 11.8 Å². The summed E-state index contributed by atoms with van der Waals surface area (Å²) in [6.45, 7) is 0.244. The molecule has 0 unspecified atom stereocenters. The molecule has 9 heteroatoms. The third-order valence-electron chi connectivity index (χ3n) is 8.55. The van der Waals surface area contributed by atoms with Crippen LogP contribution < -0.4 is 5.32 Å². The Kier molecular flexibility index (Phi) is 6.91. The maximum atomic E-state index is 13.8. The zero-order chi connectivity index (χ0) is 28.9. The number of benzene rings is 3. The van der Waals surface area contributed by atoms with Crippen LogP contribution >= 0.6 is 23.2 Å². The Morgan fingerprint density at radius 2 is 1.27 bits per heavy atom. The molecule has 3 aliphatic carbocycles. The van der Waals surface area contributed by atoms with Gasteiger partial charge in [-0.05, 0) is 59.4 Å². The van der Waals surface area contributed by atoms with Crippen molar-refractivity contribution in [3.63, 3.8) is 0 Å². The lowest BCUT2D eigenvalue weighted by Gasteiger charge is -2.54. The van der Waals surface area contributed by atoms with Gasteiger partial charge in [-0.15, -0.1) is 23.2 Å². The molecule has 7 rings (SSSR count). The second-order valence-electron chi connectivity index (χ2n) is 10.7. The van der Waals surface area contributed by atoms with Crippen molar-refractivity contribution < 1.29 is 23.9 Å². The standard InChI is InChI=1S/C32H28Cl2N2O5/c1-41-30(40)19-14-16-20(17-15-19)35-25(37)13-3-2-8-18-36-28(38)26-27(29(36)39)32(34)22-10-5-4-9-21(22)31(26,33)23-11-6-7-12-24(23)32/h4-7,9-12,14-17,26-27H,2-3,8,13,18H2,1H3,(H,35,37)/t26-,27+,31?,32?. The van der Waals surface area contributed by atoms with E-state index in [1.54, 1.807) is 24.3 Å². The molecule has 41 heavy (non-hydrogen) atoms. The minimum atomic E-state index is -1.18. The summed E-state index contributed by atoms with van der Waals surface area (Å²) in [5, 5.41) is 2.81. The normalized spacial score (nSPS) is 25.4. The van der Waals surface area contributed by atoms with E-state index < -0.39 is 27.6 Å². The number of ether oxygens (including phenoxy) is 1. The van der Waals surface area contributed by atoms with Crippen molar-refractivity contribution >= 4 is 52.6 Å². The summed E-state index contributed by atoms with van der Waals surface area (Å²) in [6.07, 6.45) is 2.08. The van der Waals surface area contributed by atoms with Crippen LogP contribution in [0.25, 0.3) is 0 Å². The number of methoxy groups -OCH3 is 1. The van der Waals surface area contributed by atoms with Crippen molar-refractivity contribution in [1.29, 1.82) is 0 Å². The zero-order valence-electron chi connectivity index (χ0n) is 22.4. The average molecular weight is 591 g/mol. The first-order valence-corrected chi connectivity index (χ1v) is 14.4. The summed E-state index contributed by atoms with van der Waals surface area (Å²) < 4.78 is 4.68. The maximum absolute atomic E-state index is 13.8. The summed E-state index contributed by atoms with van der Waals surface area (Å²) in [5.41, 5.74) is 4.12. The van der Waals surface area contributed by atoms with Crippen LogP contribution in [-0.2, 0) is 28.9 Å². The molecule has 7 nitrogen and oxygen atoms in total. The predicted molar refractivity (Wildman–Crippen MR) is 155 cm³/mol. The highest BCUT2D eigenvalue weighted by Crippen LogP contribution is 2.69. The quantitative estimate of drug-likeness (QED) is 0.160. The van der Waals surface area contributed by atoms with E-state index in [4.69, 9.17) is 23.2 Å². The van der Waals surface area contributed by atoms with Gasteiger partial charge in [0.05, 0.1) is 24.5 Å². The number of likely N-dealkylation sites (tertiary alicyclic amines) is 1. The van der Waals surface area contributed by atoms with Crippen LogP contribution in [0.15, 0.2) is 72.8 Å². The highest BCUT2D eigenvalue weighted by molar-refractivity contribution is 6.36. The van der Waals surface area contributed by atoms with Crippen molar-refractivity contribution in [3.05, 3.63) is 101 Å². The van der Waals surface area contributed by atoms with Crippen molar-refractivity contribution in [2.75, 3.05) is 19.0 Å². The number of nitrogens with zero attached hydrogens (tertiary/aromatic N) is 1. The van der Waals surface area contributed by atoms with Crippen molar-refractivity contribution in [2.45, 2.75) is 35.4 Å². The van der Waals surface area contributed by atoms with E-state index in [0.717, 1.165) is 22.3 Å². The first-order valence-electron chi connectivity index (χ1n) is 13.6. The number of hydrogen-bond acceptors (Lipinski definition) is 5. The Labute approximate surface area is 247 Å². The molecule has 1 N–H and O–H groups in total. The summed E-state index contributed by atoms with van der Waals surface area (Å²) >= 11 is 14.9. The maximum Gasteiger partial charge on any atom is 0.337 e. The first kappa shape index (κ1) is 27.5. The minimum absolute atomic E-state index is 0.157. The van der Waals surface area contributed by atoms with E-state index in [9.17, 15) is 19.2 Å². The molecule has 3 aromatic rings. The summed E-state index contributed by atoms with van der Waals surface area (Å²) in [6, 6.07) is 21.6. The molecule has 1 aliphatic heterocycles. The molecule has 0 saturated carbocycles. The van der Waals surface area contributed by atoms with Gasteiger partial charge in [-0.25, -0.2) is 4.79 Å². The van der Waals surface area contributed by atoms with Crippen molar-refractivity contribution in [2.24, 2.45) is 11.8 Å². The minimum Gasteiger partial charge on any atom is -0.465 e. The number of halogens is 2. The summed E-state index contributed by atoms with van der Waals surface area (Å²) in [7, 11) is 1.31. The molecular formula is C32H28Cl2N2O5. The van der Waals surface area contributed by atoms with Crippen LogP contribution in [0.2, 0.25) is 0 Å². The molecule has 0 aromatic heterocycles. The van der Waals surface area contributed by atoms with Crippen LogP contribution in [0.4, 0.5) is 5.69 Å². The van der Waals surface area contributed by atoms with Gasteiger partial charge in [0.2, 0.25) is 17.7 Å². The van der Waals surface area contributed by atoms with E-state index >= 15 is 0 Å². The number of rotatable bonds is 8. The highest BCUT2D eigenvalue weighted by atomic mass is 35.5. The Hall–Kier alpha value is -3.68. The van der Waals surface area contributed by atoms with E-state index in [0.29, 0.717) is 30.5 Å². The third kappa shape index (κ3) is 4.09. The number of esters is 1. The second kappa shape index (κ2) is 10.3. The molecule has 1 saturated heterocycles. The van der Waals surface area contributed by atoms with Gasteiger partial charge in [0, 0.05) is 18.7 Å². The average Bonchev–Trinajstić information content (AvgIpc) is 3.25. The van der Waals surface area contributed by atoms with Crippen LogP contribution in [0.1, 0.15) is 58.3 Å². The first-order chi connectivity index (χ1) is 19.7. The fourth-order valence-electron chi connectivity index (χ4n) is 6.71. The number of carbonyl (C=O) groups is 4. The second-order valence-corrected chi connectivity index (χ2v) is 11.9. The van der Waals surface area contributed by atoms with Crippen molar-refractivity contribution in [3.8, 4) is 0 Å². The van der Waals surface area contributed by atoms with Gasteiger partial charge < -0.3 is 10.1 Å². The topological polar surface area (TPSA) is 92.8 Å². The van der Waals surface area contributed by atoms with Gasteiger partial charge in [0.1, 0.15) is 9.75 Å². The highest BCUT2D eigenvalue weighted by Gasteiger charge is 2.72. The molecule has 2 bridgehead atoms. The predicted octanol–water partition coefficient (Wildman–Crippen LogP) is 5.57. The van der Waals surface area contributed by atoms with E-state index in [1.807, 2.05) is 48.5 Å². The lowest BCUT2D eigenvalue weighted by Crippen LogP contribution is -2.57. The molecule has 0 spiro atoms. The summed E-state index contributed by atoms with van der Waals surface area (Å²) in [4.78, 5) is 50.6. The van der Waals surface area contributed by atoms with E-state index in [-0.39, 0.29) is 30.7 Å². The molecule has 210 valence electrons. The summed E-state index contributed by atoms with van der Waals surface area (Å²) in [5.74, 6) is -2.78. The molecule has 1 fully saturated rings. The molecular weight excluding hydrogens is 563 g/mol. The molecule has 0 radical (unpaired) electrons. The fraction of sp³-hybridized carbons (Fsp3) is 0.312. The lowest BCUT2D eigenvalue weighted by molar-refractivity contribution is -0.140. The van der Waals surface area contributed by atoms with Gasteiger partial charge >= 0.3 is 5.97 Å². The SMILES string of the molecule is COC(=O)c1ccc(NC(=O)CCCCCN2C(=O)[C@@H]3[C@H](C2=O)C2(Cl)c4ccccc4C3(Cl)c3ccccc32)cc1. The largest absolute Gasteiger partial charge is 0.465 e. The van der Waals surface area contributed by atoms with Gasteiger partial charge in [-0.2, -0.15) is 0 Å². The number of nitrogens with one attached hydrogen (secondary N) is 1. The Balaban J connectivity index is 1.11. The Morgan fingerprint density at radius 3 is 1.73 bits per heavy atom. The van der Waals surface area contributed by atoms with E-state index in [1.165, 1.54) is 12.0 Å². The number of carbonyl (C=O) groups excluding carboxylic acids is 4. The molecule has 4 aliphatic rings. The van der Waals surface area contributed by atoms with Gasteiger partial charge in [0.15, 0.2) is 0 Å². The van der Waals surface area contributed by atoms with Crippen LogP contribution in [-0.4, -0.2) is 42.2 Å². The van der Waals surface area contributed by atoms with Crippen LogP contribution in [0.5, 0.6) is 0 Å². The van der Waals surface area contributed by atoms with Gasteiger partial charge in [-0.1, -0.05) is 55.0 Å². The monoisotopic (exact) mass is 590 g/mol. The zero-order valence-corrected chi connectivity index (χ0v) is 23.9. The number of hydrogen-bond donors (Lipinski definition) is 1. The molecule has 1 heterocycles. The third-order valence-corrected chi connectivity index (χ3v) is 9.84. The smallest absolute Gasteiger partial charge is 0.337 e. The van der Waals surface area contributed by atoms with Gasteiger partial charge in [0.25, 0.3) is 0 Å².